The Labute approximate surface area is 86.1 Å². The van der Waals surface area contributed by atoms with Gasteiger partial charge in [0, 0.05) is 11.5 Å². The number of rotatable bonds is 0. The largest absolute Gasteiger partial charge is 0.508 e. The van der Waals surface area contributed by atoms with Crippen molar-refractivity contribution in [2.75, 3.05) is 5.73 Å². The van der Waals surface area contributed by atoms with Gasteiger partial charge in [0.1, 0.15) is 5.75 Å². The predicted octanol–water partition coefficient (Wildman–Crippen LogP) is 2.48. The molecule has 0 spiro atoms. The molecule has 1 aromatic heterocycles. The highest BCUT2D eigenvalue weighted by Gasteiger charge is 2.06. The highest BCUT2D eigenvalue weighted by atomic mass is 35.5. The molecule has 0 saturated carbocycles. The van der Waals surface area contributed by atoms with Crippen LogP contribution in [0.4, 0.5) is 5.69 Å². The molecule has 72 valence electrons. The third-order valence-electron chi connectivity index (χ3n) is 2.15. The van der Waals surface area contributed by atoms with E-state index in [-0.39, 0.29) is 5.75 Å². The predicted molar refractivity (Wildman–Crippen MR) is 57.6 cm³/mol. The van der Waals surface area contributed by atoms with Crippen molar-refractivity contribution in [2.24, 2.45) is 0 Å². The first kappa shape index (κ1) is 9.09. The summed E-state index contributed by atoms with van der Waals surface area (Å²) < 4.78 is 0. The summed E-state index contributed by atoms with van der Waals surface area (Å²) >= 11 is 6.00. The molecular weight excluding hydrogens is 200 g/mol. The highest BCUT2D eigenvalue weighted by molar-refractivity contribution is 6.37. The van der Waals surface area contributed by atoms with Crippen molar-refractivity contribution in [3.63, 3.8) is 0 Å². The molecule has 2 rings (SSSR count). The van der Waals surface area contributed by atoms with Crippen molar-refractivity contribution >= 4 is 28.2 Å². The van der Waals surface area contributed by atoms with Crippen LogP contribution in [0, 0.1) is 6.92 Å². The van der Waals surface area contributed by atoms with Crippen LogP contribution in [0.25, 0.3) is 10.9 Å². The van der Waals surface area contributed by atoms with Crippen LogP contribution in [0.15, 0.2) is 18.3 Å². The lowest BCUT2D eigenvalue weighted by Crippen LogP contribution is -1.90. The third-order valence-corrected chi connectivity index (χ3v) is 2.57. The minimum Gasteiger partial charge on any atom is -0.508 e. The zero-order valence-electron chi connectivity index (χ0n) is 7.58. The number of benzene rings is 1. The van der Waals surface area contributed by atoms with E-state index >= 15 is 0 Å². The molecule has 0 amide bonds. The summed E-state index contributed by atoms with van der Waals surface area (Å²) in [6.07, 6.45) is 1.49. The van der Waals surface area contributed by atoms with Crippen LogP contribution in [-0.2, 0) is 0 Å². The Bertz CT molecular complexity index is 511. The molecule has 0 aliphatic carbocycles. The first-order chi connectivity index (χ1) is 6.59. The number of hydrogen-bond donors (Lipinski definition) is 2. The molecule has 0 saturated heterocycles. The summed E-state index contributed by atoms with van der Waals surface area (Å²) in [5.74, 6) is 0.214. The number of nitrogens with zero attached hydrogens (tertiary/aromatic N) is 1. The SMILES string of the molecule is Cc1cc2c(Cl)c(N)cnc2cc1O. The molecule has 0 aliphatic heterocycles. The average Bonchev–Trinajstić information content (AvgIpc) is 2.15. The van der Waals surface area contributed by atoms with E-state index in [0.29, 0.717) is 16.2 Å². The molecule has 0 unspecified atom stereocenters. The lowest BCUT2D eigenvalue weighted by atomic mass is 10.1. The van der Waals surface area contributed by atoms with E-state index < -0.39 is 0 Å². The maximum atomic E-state index is 9.46. The summed E-state index contributed by atoms with van der Waals surface area (Å²) in [7, 11) is 0. The number of phenols is 1. The Morgan fingerprint density at radius 1 is 1.43 bits per heavy atom. The van der Waals surface area contributed by atoms with E-state index in [1.165, 1.54) is 6.20 Å². The van der Waals surface area contributed by atoms with Crippen molar-refractivity contribution in [3.8, 4) is 5.75 Å². The summed E-state index contributed by atoms with van der Waals surface area (Å²) in [5, 5.41) is 10.7. The molecule has 14 heavy (non-hydrogen) atoms. The number of aryl methyl sites for hydroxylation is 1. The Morgan fingerprint density at radius 2 is 2.14 bits per heavy atom. The molecule has 1 aromatic carbocycles. The molecule has 1 heterocycles. The zero-order chi connectivity index (χ0) is 10.3. The quantitative estimate of drug-likeness (QED) is 0.699. The number of hydrogen-bond acceptors (Lipinski definition) is 3. The molecule has 2 aromatic rings. The van der Waals surface area contributed by atoms with Crippen molar-refractivity contribution < 1.29 is 5.11 Å². The van der Waals surface area contributed by atoms with Crippen molar-refractivity contribution in [3.05, 3.63) is 28.9 Å². The first-order valence-electron chi connectivity index (χ1n) is 4.13. The van der Waals surface area contributed by atoms with Gasteiger partial charge < -0.3 is 10.8 Å². The fourth-order valence-electron chi connectivity index (χ4n) is 1.32. The number of aromatic nitrogens is 1. The van der Waals surface area contributed by atoms with Gasteiger partial charge in [0.25, 0.3) is 0 Å². The van der Waals surface area contributed by atoms with Gasteiger partial charge in [0.05, 0.1) is 22.4 Å². The fraction of sp³-hybridized carbons (Fsp3) is 0.100. The maximum Gasteiger partial charge on any atom is 0.120 e. The Balaban J connectivity index is 2.89. The molecular formula is C10H9ClN2O. The normalized spacial score (nSPS) is 10.7. The second-order valence-electron chi connectivity index (χ2n) is 3.18. The summed E-state index contributed by atoms with van der Waals surface area (Å²) in [6, 6.07) is 3.35. The maximum absolute atomic E-state index is 9.46. The van der Waals surface area contributed by atoms with Crippen molar-refractivity contribution in [1.82, 2.24) is 4.98 Å². The first-order valence-corrected chi connectivity index (χ1v) is 4.50. The lowest BCUT2D eigenvalue weighted by Gasteiger charge is -2.05. The molecule has 0 radical (unpaired) electrons. The van der Waals surface area contributed by atoms with Crippen LogP contribution in [0.3, 0.4) is 0 Å². The fourth-order valence-corrected chi connectivity index (χ4v) is 1.52. The topological polar surface area (TPSA) is 59.1 Å². The van der Waals surface area contributed by atoms with Crippen molar-refractivity contribution in [1.29, 1.82) is 0 Å². The highest BCUT2D eigenvalue weighted by Crippen LogP contribution is 2.31. The number of phenolic OH excluding ortho intramolecular Hbond substituents is 1. The van der Waals surface area contributed by atoms with Crippen LogP contribution < -0.4 is 5.73 Å². The number of nitrogens with two attached hydrogens (primary N) is 1. The van der Waals surface area contributed by atoms with Crippen LogP contribution in [0.1, 0.15) is 5.56 Å². The number of anilines is 1. The van der Waals surface area contributed by atoms with Gasteiger partial charge >= 0.3 is 0 Å². The second-order valence-corrected chi connectivity index (χ2v) is 3.56. The average molecular weight is 209 g/mol. The van der Waals surface area contributed by atoms with Gasteiger partial charge in [-0.25, -0.2) is 0 Å². The van der Waals surface area contributed by atoms with Crippen molar-refractivity contribution in [2.45, 2.75) is 6.92 Å². The number of aromatic hydroxyl groups is 1. The summed E-state index contributed by atoms with van der Waals surface area (Å²) in [5.41, 5.74) is 7.47. The molecule has 3 nitrogen and oxygen atoms in total. The molecule has 4 heteroatoms. The summed E-state index contributed by atoms with van der Waals surface area (Å²) in [6.45, 7) is 1.80. The van der Waals surface area contributed by atoms with E-state index in [4.69, 9.17) is 17.3 Å². The monoisotopic (exact) mass is 208 g/mol. The van der Waals surface area contributed by atoms with Gasteiger partial charge in [-0.05, 0) is 18.6 Å². The van der Waals surface area contributed by atoms with Crippen LogP contribution in [0.2, 0.25) is 5.02 Å². The van der Waals surface area contributed by atoms with Gasteiger partial charge in [-0.15, -0.1) is 0 Å². The van der Waals surface area contributed by atoms with Gasteiger partial charge in [-0.1, -0.05) is 11.6 Å². The second kappa shape index (κ2) is 3.03. The van der Waals surface area contributed by atoms with Gasteiger partial charge in [0.15, 0.2) is 0 Å². The standard InChI is InChI=1S/C10H9ClN2O/c1-5-2-6-8(3-9(5)14)13-4-7(12)10(6)11/h2-4,14H,12H2,1H3. The van der Waals surface area contributed by atoms with Gasteiger partial charge in [0.2, 0.25) is 0 Å². The molecule has 0 atom stereocenters. The number of fused-ring (bicyclic) bond motifs is 1. The van der Waals surface area contributed by atoms with Crippen LogP contribution in [-0.4, -0.2) is 10.1 Å². The summed E-state index contributed by atoms with van der Waals surface area (Å²) in [4.78, 5) is 4.07. The third kappa shape index (κ3) is 1.26. The lowest BCUT2D eigenvalue weighted by molar-refractivity contribution is 0.472. The minimum atomic E-state index is 0.214. The number of halogens is 1. The van der Waals surface area contributed by atoms with E-state index in [1.54, 1.807) is 19.1 Å². The Morgan fingerprint density at radius 3 is 2.86 bits per heavy atom. The van der Waals surface area contributed by atoms with E-state index in [9.17, 15) is 5.11 Å². The van der Waals surface area contributed by atoms with Crippen LogP contribution in [0.5, 0.6) is 5.75 Å². The molecule has 3 N–H and O–H groups in total. The molecule has 0 fully saturated rings. The molecule has 0 bridgehead atoms. The van der Waals surface area contributed by atoms with E-state index in [2.05, 4.69) is 4.98 Å². The zero-order valence-corrected chi connectivity index (χ0v) is 8.34. The smallest absolute Gasteiger partial charge is 0.120 e. The molecule has 0 aliphatic rings. The number of pyridine rings is 1. The van der Waals surface area contributed by atoms with E-state index in [1.807, 2.05) is 0 Å². The number of nitrogen functional groups attached to an aromatic ring is 1. The Hall–Kier alpha value is -1.48. The van der Waals surface area contributed by atoms with Crippen LogP contribution >= 0.6 is 11.6 Å². The Kier molecular flexibility index (Phi) is 1.97. The minimum absolute atomic E-state index is 0.214. The van der Waals surface area contributed by atoms with Gasteiger partial charge in [-0.2, -0.15) is 0 Å². The van der Waals surface area contributed by atoms with E-state index in [0.717, 1.165) is 10.9 Å². The van der Waals surface area contributed by atoms with Gasteiger partial charge in [-0.3, -0.25) is 4.98 Å².